The Kier molecular flexibility index (Phi) is 5.96. The number of rotatable bonds is 7. The van der Waals surface area contributed by atoms with E-state index < -0.39 is 6.10 Å². The molecule has 1 amide bonds. The molecule has 0 aliphatic heterocycles. The number of fused-ring (bicyclic) bond motifs is 1. The van der Waals surface area contributed by atoms with E-state index in [1.54, 1.807) is 4.57 Å². The molecule has 0 radical (unpaired) electrons. The summed E-state index contributed by atoms with van der Waals surface area (Å²) in [4.78, 5) is 24.6. The number of aromatic nitrogens is 1. The number of nitrogens with one attached hydrogen (secondary N) is 1. The van der Waals surface area contributed by atoms with E-state index in [0.29, 0.717) is 24.4 Å². The highest BCUT2D eigenvalue weighted by atomic mass is 32.1. The summed E-state index contributed by atoms with van der Waals surface area (Å²) >= 11 is 1.19. The normalized spacial score (nSPS) is 12.1. The number of thiazole rings is 1. The van der Waals surface area contributed by atoms with Crippen LogP contribution in [0, 0.1) is 0 Å². The minimum absolute atomic E-state index is 0.0151. The van der Waals surface area contributed by atoms with Gasteiger partial charge in [0, 0.05) is 12.2 Å². The maximum Gasteiger partial charge on any atom is 0.308 e. The molecule has 1 atom stereocenters. The van der Waals surface area contributed by atoms with Crippen molar-refractivity contribution in [2.45, 2.75) is 46.3 Å². The molecule has 2 aromatic carbocycles. The smallest absolute Gasteiger partial charge is 0.308 e. The van der Waals surface area contributed by atoms with E-state index in [4.69, 9.17) is 4.74 Å². The molecule has 3 rings (SSSR count). The third-order valence-corrected chi connectivity index (χ3v) is 5.47. The van der Waals surface area contributed by atoms with Crippen molar-refractivity contribution in [3.05, 3.63) is 57.7 Å². The molecule has 0 saturated heterocycles. The Morgan fingerprint density at radius 1 is 1.15 bits per heavy atom. The zero-order valence-corrected chi connectivity index (χ0v) is 16.6. The van der Waals surface area contributed by atoms with Gasteiger partial charge in [-0.1, -0.05) is 37.3 Å². The Hall–Kier alpha value is -2.60. The number of benzene rings is 2. The Morgan fingerprint density at radius 2 is 1.89 bits per heavy atom. The first-order valence-corrected chi connectivity index (χ1v) is 10.1. The number of amides is 1. The fourth-order valence-electron chi connectivity index (χ4n) is 2.96. The van der Waals surface area contributed by atoms with Gasteiger partial charge >= 0.3 is 4.87 Å². The van der Waals surface area contributed by atoms with Gasteiger partial charge < -0.3 is 10.1 Å². The SMILES string of the molecule is CCc1ccc(O[C@@H](CC)C(=O)Nc2ccc3c(c2)sc(=O)n3CC)cc1. The number of hydrogen-bond acceptors (Lipinski definition) is 4. The maximum atomic E-state index is 12.6. The number of carbonyl (C=O) groups excluding carboxylic acids is 1. The van der Waals surface area contributed by atoms with Crippen LogP contribution < -0.4 is 14.9 Å². The molecule has 0 saturated carbocycles. The van der Waals surface area contributed by atoms with Crippen LogP contribution in [0.25, 0.3) is 10.2 Å². The Balaban J connectivity index is 1.73. The number of aryl methyl sites for hydroxylation is 2. The fraction of sp³-hybridized carbons (Fsp3) is 0.333. The monoisotopic (exact) mass is 384 g/mol. The van der Waals surface area contributed by atoms with Gasteiger partial charge in [-0.25, -0.2) is 0 Å². The fourth-order valence-corrected chi connectivity index (χ4v) is 3.95. The average Bonchev–Trinajstić information content (AvgIpc) is 3.00. The Bertz CT molecular complexity index is 989. The van der Waals surface area contributed by atoms with Crippen molar-refractivity contribution in [1.82, 2.24) is 4.57 Å². The van der Waals surface area contributed by atoms with Crippen molar-refractivity contribution in [3.63, 3.8) is 0 Å². The quantitative estimate of drug-likeness (QED) is 0.655. The molecule has 0 fully saturated rings. The van der Waals surface area contributed by atoms with Crippen molar-refractivity contribution >= 4 is 33.1 Å². The molecule has 1 N–H and O–H groups in total. The minimum Gasteiger partial charge on any atom is -0.481 e. The molecule has 3 aromatic rings. The second-order valence-electron chi connectivity index (χ2n) is 6.30. The first-order chi connectivity index (χ1) is 13.0. The summed E-state index contributed by atoms with van der Waals surface area (Å²) < 4.78 is 8.45. The molecule has 142 valence electrons. The summed E-state index contributed by atoms with van der Waals surface area (Å²) in [6.07, 6.45) is 0.947. The van der Waals surface area contributed by atoms with Gasteiger partial charge in [-0.2, -0.15) is 0 Å². The largest absolute Gasteiger partial charge is 0.481 e. The number of hydrogen-bond donors (Lipinski definition) is 1. The molecule has 1 heterocycles. The molecule has 1 aromatic heterocycles. The highest BCUT2D eigenvalue weighted by Crippen LogP contribution is 2.23. The van der Waals surface area contributed by atoms with Crippen LogP contribution in [0.4, 0.5) is 5.69 Å². The van der Waals surface area contributed by atoms with Crippen molar-refractivity contribution in [2.75, 3.05) is 5.32 Å². The molecule has 5 nitrogen and oxygen atoms in total. The highest BCUT2D eigenvalue weighted by Gasteiger charge is 2.19. The molecular weight excluding hydrogens is 360 g/mol. The van der Waals surface area contributed by atoms with Crippen LogP contribution in [0.3, 0.4) is 0 Å². The Labute approximate surface area is 162 Å². The van der Waals surface area contributed by atoms with E-state index in [1.165, 1.54) is 16.9 Å². The van der Waals surface area contributed by atoms with Crippen LogP contribution in [0.5, 0.6) is 5.75 Å². The summed E-state index contributed by atoms with van der Waals surface area (Å²) in [5.74, 6) is 0.488. The number of carbonyl (C=O) groups is 1. The highest BCUT2D eigenvalue weighted by molar-refractivity contribution is 7.16. The number of anilines is 1. The van der Waals surface area contributed by atoms with Crippen molar-refractivity contribution in [3.8, 4) is 5.75 Å². The van der Waals surface area contributed by atoms with Crippen molar-refractivity contribution in [2.24, 2.45) is 0 Å². The van der Waals surface area contributed by atoms with Gasteiger partial charge in [0.25, 0.3) is 5.91 Å². The van der Waals surface area contributed by atoms with Crippen LogP contribution in [0.15, 0.2) is 47.3 Å². The molecular formula is C21H24N2O3S. The molecule has 0 spiro atoms. The van der Waals surface area contributed by atoms with Gasteiger partial charge in [-0.05, 0) is 55.7 Å². The standard InChI is InChI=1S/C21H24N2O3S/c1-4-14-7-10-16(11-8-14)26-18(5-2)20(24)22-15-9-12-17-19(13-15)27-21(25)23(17)6-3/h7-13,18H,4-6H2,1-3H3,(H,22,24)/t18-/m0/s1. The number of nitrogens with zero attached hydrogens (tertiary/aromatic N) is 1. The van der Waals surface area contributed by atoms with E-state index in [0.717, 1.165) is 16.6 Å². The molecule has 0 aliphatic rings. The minimum atomic E-state index is -0.577. The van der Waals surface area contributed by atoms with Crippen LogP contribution in [0.1, 0.15) is 32.8 Å². The average molecular weight is 385 g/mol. The lowest BCUT2D eigenvalue weighted by Gasteiger charge is -2.17. The van der Waals surface area contributed by atoms with E-state index in [1.807, 2.05) is 56.3 Å². The molecule has 0 bridgehead atoms. The van der Waals surface area contributed by atoms with Crippen LogP contribution in [-0.4, -0.2) is 16.6 Å². The predicted molar refractivity (Wildman–Crippen MR) is 111 cm³/mol. The van der Waals surface area contributed by atoms with Crippen LogP contribution >= 0.6 is 11.3 Å². The van der Waals surface area contributed by atoms with E-state index in [2.05, 4.69) is 12.2 Å². The van der Waals surface area contributed by atoms with E-state index in [9.17, 15) is 9.59 Å². The van der Waals surface area contributed by atoms with Gasteiger partial charge in [-0.15, -0.1) is 0 Å². The predicted octanol–water partition coefficient (Wildman–Crippen LogP) is 4.44. The van der Waals surface area contributed by atoms with Gasteiger partial charge in [0.05, 0.1) is 10.2 Å². The topological polar surface area (TPSA) is 60.3 Å². The zero-order valence-electron chi connectivity index (χ0n) is 15.8. The second kappa shape index (κ2) is 8.39. The first kappa shape index (κ1) is 19.2. The second-order valence-corrected chi connectivity index (χ2v) is 7.29. The lowest BCUT2D eigenvalue weighted by molar-refractivity contribution is -0.122. The third kappa shape index (κ3) is 4.22. The molecule has 0 unspecified atom stereocenters. The maximum absolute atomic E-state index is 12.6. The first-order valence-electron chi connectivity index (χ1n) is 9.25. The van der Waals surface area contributed by atoms with Gasteiger partial charge in [0.15, 0.2) is 6.10 Å². The summed E-state index contributed by atoms with van der Waals surface area (Å²) in [6.45, 7) is 6.59. The van der Waals surface area contributed by atoms with Gasteiger partial charge in [-0.3, -0.25) is 14.2 Å². The van der Waals surface area contributed by atoms with Crippen molar-refractivity contribution < 1.29 is 9.53 Å². The summed E-state index contributed by atoms with van der Waals surface area (Å²) in [5.41, 5.74) is 2.79. The zero-order chi connectivity index (χ0) is 19.4. The molecule has 27 heavy (non-hydrogen) atoms. The summed E-state index contributed by atoms with van der Waals surface area (Å²) in [5, 5.41) is 2.91. The lowest BCUT2D eigenvalue weighted by Crippen LogP contribution is -2.32. The summed E-state index contributed by atoms with van der Waals surface area (Å²) in [7, 11) is 0. The lowest BCUT2D eigenvalue weighted by atomic mass is 10.1. The summed E-state index contributed by atoms with van der Waals surface area (Å²) in [6, 6.07) is 13.3. The van der Waals surface area contributed by atoms with Gasteiger partial charge in [0.1, 0.15) is 5.75 Å². The number of ether oxygens (including phenoxy) is 1. The van der Waals surface area contributed by atoms with Crippen LogP contribution in [0.2, 0.25) is 0 Å². The molecule has 0 aliphatic carbocycles. The van der Waals surface area contributed by atoms with Crippen LogP contribution in [-0.2, 0) is 17.8 Å². The van der Waals surface area contributed by atoms with E-state index >= 15 is 0 Å². The van der Waals surface area contributed by atoms with Gasteiger partial charge in [0.2, 0.25) is 0 Å². The Morgan fingerprint density at radius 3 is 2.52 bits per heavy atom. The van der Waals surface area contributed by atoms with E-state index in [-0.39, 0.29) is 10.8 Å². The van der Waals surface area contributed by atoms with Crippen molar-refractivity contribution in [1.29, 1.82) is 0 Å². The molecule has 6 heteroatoms. The third-order valence-electron chi connectivity index (χ3n) is 4.53.